The number of aryl methyl sites for hydroxylation is 1. The number of ether oxygens (including phenoxy) is 1. The van der Waals surface area contributed by atoms with Gasteiger partial charge in [-0.3, -0.25) is 0 Å². The highest BCUT2D eigenvalue weighted by Crippen LogP contribution is 2.42. The van der Waals surface area contributed by atoms with Crippen molar-refractivity contribution in [3.8, 4) is 0 Å². The molecule has 0 spiro atoms. The zero-order chi connectivity index (χ0) is 15.1. The second-order valence-electron chi connectivity index (χ2n) is 7.53. The first-order valence-corrected chi connectivity index (χ1v) is 7.66. The third kappa shape index (κ3) is 3.09. The zero-order valence-electron chi connectivity index (χ0n) is 13.8. The summed E-state index contributed by atoms with van der Waals surface area (Å²) in [7, 11) is 0. The number of hydrogen-bond donors (Lipinski definition) is 1. The van der Waals surface area contributed by atoms with Crippen LogP contribution in [-0.4, -0.2) is 21.9 Å². The van der Waals surface area contributed by atoms with Crippen LogP contribution in [0.15, 0.2) is 6.07 Å². The van der Waals surface area contributed by atoms with Crippen LogP contribution in [0.2, 0.25) is 0 Å². The summed E-state index contributed by atoms with van der Waals surface area (Å²) in [6.45, 7) is 14.5. The molecule has 0 saturated heterocycles. The van der Waals surface area contributed by atoms with Gasteiger partial charge >= 0.3 is 0 Å². The minimum Gasteiger partial charge on any atom is -0.388 e. The van der Waals surface area contributed by atoms with E-state index in [2.05, 4.69) is 45.3 Å². The van der Waals surface area contributed by atoms with E-state index in [4.69, 9.17) is 4.74 Å². The molecular formula is C17H29NO2. The van der Waals surface area contributed by atoms with Crippen molar-refractivity contribution in [3.05, 3.63) is 23.0 Å². The second kappa shape index (κ2) is 5.19. The first-order chi connectivity index (χ1) is 9.15. The molecule has 3 nitrogen and oxygen atoms in total. The van der Waals surface area contributed by atoms with Crippen LogP contribution in [0.1, 0.15) is 64.1 Å². The molecule has 0 aliphatic heterocycles. The number of aliphatic hydroxyl groups is 1. The van der Waals surface area contributed by atoms with Gasteiger partial charge in [0.25, 0.3) is 0 Å². The molecule has 2 rings (SSSR count). The number of aromatic nitrogens is 1. The number of rotatable bonds is 4. The van der Waals surface area contributed by atoms with Crippen LogP contribution in [0.25, 0.3) is 0 Å². The summed E-state index contributed by atoms with van der Waals surface area (Å²) in [6.07, 6.45) is 1.54. The molecule has 20 heavy (non-hydrogen) atoms. The third-order valence-electron chi connectivity index (χ3n) is 4.27. The molecular weight excluding hydrogens is 250 g/mol. The van der Waals surface area contributed by atoms with Crippen molar-refractivity contribution in [2.24, 2.45) is 5.41 Å². The highest BCUT2D eigenvalue weighted by molar-refractivity contribution is 5.33. The van der Waals surface area contributed by atoms with Gasteiger partial charge in [0.15, 0.2) is 0 Å². The molecule has 0 radical (unpaired) electrons. The maximum Gasteiger partial charge on any atom is 0.0812 e. The van der Waals surface area contributed by atoms with Crippen molar-refractivity contribution >= 4 is 0 Å². The smallest absolute Gasteiger partial charge is 0.0812 e. The van der Waals surface area contributed by atoms with E-state index in [0.717, 1.165) is 31.6 Å². The van der Waals surface area contributed by atoms with Crippen LogP contribution in [0.5, 0.6) is 0 Å². The molecule has 0 fully saturated rings. The summed E-state index contributed by atoms with van der Waals surface area (Å²) in [4.78, 5) is 0. The van der Waals surface area contributed by atoms with Crippen LogP contribution in [0.4, 0.5) is 0 Å². The third-order valence-corrected chi connectivity index (χ3v) is 4.27. The van der Waals surface area contributed by atoms with Crippen molar-refractivity contribution in [2.75, 3.05) is 6.61 Å². The Kier molecular flexibility index (Phi) is 4.05. The Morgan fingerprint density at radius 3 is 2.70 bits per heavy atom. The summed E-state index contributed by atoms with van der Waals surface area (Å²) < 4.78 is 8.19. The largest absolute Gasteiger partial charge is 0.388 e. The summed E-state index contributed by atoms with van der Waals surface area (Å²) in [5, 5.41) is 10.4. The molecule has 0 bridgehead atoms. The van der Waals surface area contributed by atoms with Gasteiger partial charge < -0.3 is 14.4 Å². The Labute approximate surface area is 122 Å². The molecule has 0 amide bonds. The number of aliphatic hydroxyl groups excluding tert-OH is 1. The number of hydrogen-bond acceptors (Lipinski definition) is 2. The SMILES string of the molecule is CCOC(C)(C)Cn1c(C)cc2c1CC(C)(C)CC2O. The maximum atomic E-state index is 10.4. The Hall–Kier alpha value is -0.800. The standard InChI is InChI=1S/C17H29NO2/c1-7-20-17(5,6)11-18-12(2)8-13-14(18)9-16(3,4)10-15(13)19/h8,15,19H,7,9-11H2,1-6H3. The second-order valence-corrected chi connectivity index (χ2v) is 7.53. The fourth-order valence-electron chi connectivity index (χ4n) is 3.44. The van der Waals surface area contributed by atoms with Gasteiger partial charge in [-0.2, -0.15) is 0 Å². The Balaban J connectivity index is 2.36. The monoisotopic (exact) mass is 279 g/mol. The highest BCUT2D eigenvalue weighted by atomic mass is 16.5. The van der Waals surface area contributed by atoms with Crippen LogP contribution in [0.3, 0.4) is 0 Å². The van der Waals surface area contributed by atoms with Crippen LogP contribution >= 0.6 is 0 Å². The van der Waals surface area contributed by atoms with E-state index >= 15 is 0 Å². The summed E-state index contributed by atoms with van der Waals surface area (Å²) >= 11 is 0. The molecule has 1 atom stereocenters. The lowest BCUT2D eigenvalue weighted by molar-refractivity contribution is -0.0238. The van der Waals surface area contributed by atoms with Crippen molar-refractivity contribution in [3.63, 3.8) is 0 Å². The first kappa shape index (κ1) is 15.6. The molecule has 1 aromatic rings. The Bertz CT molecular complexity index is 485. The normalized spacial score (nSPS) is 21.9. The predicted molar refractivity (Wildman–Crippen MR) is 81.9 cm³/mol. The van der Waals surface area contributed by atoms with Gasteiger partial charge in [-0.05, 0) is 52.0 Å². The van der Waals surface area contributed by atoms with Crippen molar-refractivity contribution in [1.82, 2.24) is 4.57 Å². The van der Waals surface area contributed by atoms with Crippen molar-refractivity contribution < 1.29 is 9.84 Å². The van der Waals surface area contributed by atoms with E-state index in [-0.39, 0.29) is 17.1 Å². The Morgan fingerprint density at radius 2 is 2.10 bits per heavy atom. The molecule has 1 aliphatic carbocycles. The fourth-order valence-corrected chi connectivity index (χ4v) is 3.44. The van der Waals surface area contributed by atoms with E-state index < -0.39 is 0 Å². The molecule has 1 N–H and O–H groups in total. The molecule has 1 unspecified atom stereocenters. The zero-order valence-corrected chi connectivity index (χ0v) is 13.8. The first-order valence-electron chi connectivity index (χ1n) is 7.66. The van der Waals surface area contributed by atoms with Crippen LogP contribution in [0, 0.1) is 12.3 Å². The van der Waals surface area contributed by atoms with Crippen LogP contribution in [-0.2, 0) is 17.7 Å². The van der Waals surface area contributed by atoms with Gasteiger partial charge in [-0.25, -0.2) is 0 Å². The highest BCUT2D eigenvalue weighted by Gasteiger charge is 2.35. The summed E-state index contributed by atoms with van der Waals surface area (Å²) in [5.41, 5.74) is 3.61. The Morgan fingerprint density at radius 1 is 1.45 bits per heavy atom. The topological polar surface area (TPSA) is 34.4 Å². The van der Waals surface area contributed by atoms with Gasteiger partial charge in [-0.15, -0.1) is 0 Å². The van der Waals surface area contributed by atoms with E-state index in [1.54, 1.807) is 0 Å². The molecule has 1 aliphatic rings. The quantitative estimate of drug-likeness (QED) is 0.913. The predicted octanol–water partition coefficient (Wildman–Crippen LogP) is 3.62. The van der Waals surface area contributed by atoms with E-state index in [0.29, 0.717) is 0 Å². The van der Waals surface area contributed by atoms with Gasteiger partial charge in [0.05, 0.1) is 18.2 Å². The van der Waals surface area contributed by atoms with Gasteiger partial charge in [0, 0.05) is 23.6 Å². The molecule has 0 aromatic carbocycles. The average molecular weight is 279 g/mol. The van der Waals surface area contributed by atoms with E-state index in [9.17, 15) is 5.11 Å². The molecule has 114 valence electrons. The van der Waals surface area contributed by atoms with Gasteiger partial charge in [0.2, 0.25) is 0 Å². The van der Waals surface area contributed by atoms with Crippen LogP contribution < -0.4 is 0 Å². The maximum absolute atomic E-state index is 10.4. The molecule has 1 heterocycles. The van der Waals surface area contributed by atoms with E-state index in [1.807, 2.05) is 6.92 Å². The van der Waals surface area contributed by atoms with E-state index in [1.165, 1.54) is 11.4 Å². The lowest BCUT2D eigenvalue weighted by Gasteiger charge is -2.35. The van der Waals surface area contributed by atoms with Gasteiger partial charge in [-0.1, -0.05) is 13.8 Å². The lowest BCUT2D eigenvalue weighted by Crippen LogP contribution is -2.33. The van der Waals surface area contributed by atoms with Crippen molar-refractivity contribution in [2.45, 2.75) is 72.6 Å². The van der Waals surface area contributed by atoms with Gasteiger partial charge in [0.1, 0.15) is 0 Å². The minimum atomic E-state index is -0.330. The fraction of sp³-hybridized carbons (Fsp3) is 0.765. The lowest BCUT2D eigenvalue weighted by atomic mass is 9.75. The average Bonchev–Trinajstić information content (AvgIpc) is 2.55. The molecule has 1 aromatic heterocycles. The summed E-state index contributed by atoms with van der Waals surface area (Å²) in [5.74, 6) is 0. The molecule has 3 heteroatoms. The van der Waals surface area contributed by atoms with Crippen molar-refractivity contribution in [1.29, 1.82) is 0 Å². The summed E-state index contributed by atoms with van der Waals surface area (Å²) in [6, 6.07) is 2.15. The number of nitrogens with zero attached hydrogens (tertiary/aromatic N) is 1. The molecule has 0 saturated carbocycles. The minimum absolute atomic E-state index is 0.157. The number of fused-ring (bicyclic) bond motifs is 1.